The Labute approximate surface area is 228 Å². The van der Waals surface area contributed by atoms with E-state index in [9.17, 15) is 29.2 Å². The number of H-pyrrole nitrogens is 1. The number of fused-ring (bicyclic) bond motifs is 1. The number of nitrogens with zero attached hydrogens (tertiary/aromatic N) is 4. The normalized spacial score (nSPS) is 15.4. The second-order valence-electron chi connectivity index (χ2n) is 9.84. The van der Waals surface area contributed by atoms with Crippen molar-refractivity contribution in [3.8, 4) is 0 Å². The number of carbonyl (C=O) groups excluding carboxylic acids is 2. The quantitative estimate of drug-likeness (QED) is 0.232. The van der Waals surface area contributed by atoms with Crippen molar-refractivity contribution in [1.82, 2.24) is 19.7 Å². The first kappa shape index (κ1) is 26.8. The minimum atomic E-state index is -0.942. The Kier molecular flexibility index (Phi) is 7.18. The smallest absolute Gasteiger partial charge is 0.305 e. The van der Waals surface area contributed by atoms with E-state index in [0.717, 1.165) is 12.1 Å². The molecule has 0 aliphatic carbocycles. The molecule has 4 aromatic rings. The molecule has 0 radical (unpaired) electrons. The molecule has 40 heavy (non-hydrogen) atoms. The van der Waals surface area contributed by atoms with Crippen molar-refractivity contribution in [2.45, 2.75) is 39.0 Å². The third-order valence-corrected chi connectivity index (χ3v) is 6.90. The molecule has 5 rings (SSSR count). The lowest BCUT2D eigenvalue weighted by molar-refractivity contribution is -0.387. The van der Waals surface area contributed by atoms with Crippen LogP contribution in [-0.2, 0) is 13.1 Å². The number of aliphatic hydroxyl groups is 1. The van der Waals surface area contributed by atoms with Crippen LogP contribution in [0.25, 0.3) is 0 Å². The van der Waals surface area contributed by atoms with Gasteiger partial charge in [0.25, 0.3) is 11.8 Å². The number of nitrogens with one attached hydrogen (secondary N) is 2. The van der Waals surface area contributed by atoms with Crippen LogP contribution >= 0.6 is 0 Å². The Bertz CT molecular complexity index is 1600. The number of rotatable bonds is 7. The molecule has 2 aromatic heterocycles. The molecule has 11 nitrogen and oxygen atoms in total. The molecule has 2 atom stereocenters. The fourth-order valence-corrected chi connectivity index (χ4v) is 5.02. The topological polar surface area (TPSA) is 146 Å². The number of carbonyl (C=O) groups is 2. The van der Waals surface area contributed by atoms with E-state index < -0.39 is 28.4 Å². The second-order valence-corrected chi connectivity index (χ2v) is 9.84. The number of benzene rings is 2. The molecule has 0 spiro atoms. The van der Waals surface area contributed by atoms with E-state index in [1.807, 2.05) is 6.92 Å². The molecule has 1 aliphatic heterocycles. The summed E-state index contributed by atoms with van der Waals surface area (Å²) in [6, 6.07) is 13.8. The average Bonchev–Trinajstić information content (AvgIpc) is 3.58. The number of hydrogen-bond donors (Lipinski definition) is 3. The van der Waals surface area contributed by atoms with Gasteiger partial charge in [-0.05, 0) is 48.4 Å². The van der Waals surface area contributed by atoms with Crippen LogP contribution in [0, 0.1) is 15.9 Å². The van der Waals surface area contributed by atoms with Crippen molar-refractivity contribution in [1.29, 1.82) is 0 Å². The van der Waals surface area contributed by atoms with Crippen LogP contribution < -0.4 is 5.32 Å². The molecule has 206 valence electrons. The molecule has 0 saturated carbocycles. The van der Waals surface area contributed by atoms with Gasteiger partial charge in [0.2, 0.25) is 5.82 Å². The number of aromatic nitrogens is 3. The van der Waals surface area contributed by atoms with Gasteiger partial charge in [-0.15, -0.1) is 0 Å². The number of aliphatic hydroxyl groups excluding tert-OH is 1. The van der Waals surface area contributed by atoms with E-state index >= 15 is 0 Å². The fourth-order valence-electron chi connectivity index (χ4n) is 5.02. The Hall–Kier alpha value is -4.84. The van der Waals surface area contributed by atoms with Gasteiger partial charge in [0.05, 0.1) is 24.1 Å². The highest BCUT2D eigenvalue weighted by Gasteiger charge is 2.35. The van der Waals surface area contributed by atoms with E-state index in [1.54, 1.807) is 59.1 Å². The molecule has 2 amide bonds. The monoisotopic (exact) mass is 546 g/mol. The maximum atomic E-state index is 14.0. The maximum Gasteiger partial charge on any atom is 0.305 e. The second kappa shape index (κ2) is 10.7. The summed E-state index contributed by atoms with van der Waals surface area (Å²) in [5.74, 6) is -1.90. The molecule has 0 saturated heterocycles. The predicted molar refractivity (Wildman–Crippen MR) is 143 cm³/mol. The van der Waals surface area contributed by atoms with Gasteiger partial charge in [0.15, 0.2) is 5.69 Å². The summed E-state index contributed by atoms with van der Waals surface area (Å²) in [6.07, 6.45) is 0.934. The van der Waals surface area contributed by atoms with Gasteiger partial charge in [0, 0.05) is 41.7 Å². The SMILES string of the molecule is CC1CN(C(=O)c2ccc[nH]2)Cc2c(C(=O)Nc3cccc([C@H](C)O)c3)nn(Cc3ccc(F)c([N+](=O)[O-])c3)c21. The third-order valence-electron chi connectivity index (χ3n) is 6.90. The zero-order valence-electron chi connectivity index (χ0n) is 21.8. The van der Waals surface area contributed by atoms with Gasteiger partial charge in [-0.2, -0.15) is 9.49 Å². The van der Waals surface area contributed by atoms with Crippen molar-refractivity contribution >= 4 is 23.2 Å². The summed E-state index contributed by atoms with van der Waals surface area (Å²) < 4.78 is 15.5. The number of amides is 2. The van der Waals surface area contributed by atoms with Crippen molar-refractivity contribution in [2.75, 3.05) is 11.9 Å². The zero-order chi connectivity index (χ0) is 28.6. The highest BCUT2D eigenvalue weighted by molar-refractivity contribution is 6.04. The zero-order valence-corrected chi connectivity index (χ0v) is 21.8. The van der Waals surface area contributed by atoms with Crippen LogP contribution in [0.5, 0.6) is 0 Å². The number of aromatic amines is 1. The van der Waals surface area contributed by atoms with Crippen LogP contribution in [0.4, 0.5) is 15.8 Å². The Morgan fingerprint density at radius 1 is 1.25 bits per heavy atom. The Balaban J connectivity index is 1.53. The van der Waals surface area contributed by atoms with Crippen LogP contribution in [0.2, 0.25) is 0 Å². The van der Waals surface area contributed by atoms with Gasteiger partial charge >= 0.3 is 5.69 Å². The standard InChI is InChI=1S/C28H27FN6O5/c1-16-13-33(28(38)23-7-4-10-30-23)15-21-25(27(37)31-20-6-3-5-19(12-20)17(2)36)32-34(26(16)21)14-18-8-9-22(29)24(11-18)35(39)40/h3-12,16-17,30,36H,13-15H2,1-2H3,(H,31,37)/t16?,17-/m0/s1. The van der Waals surface area contributed by atoms with E-state index in [-0.39, 0.29) is 30.6 Å². The molecule has 2 aromatic carbocycles. The van der Waals surface area contributed by atoms with Gasteiger partial charge < -0.3 is 20.3 Å². The van der Waals surface area contributed by atoms with Crippen molar-refractivity contribution in [2.24, 2.45) is 0 Å². The summed E-state index contributed by atoms with van der Waals surface area (Å²) in [4.78, 5) is 41.7. The van der Waals surface area contributed by atoms with E-state index in [4.69, 9.17) is 0 Å². The molecule has 1 unspecified atom stereocenters. The number of anilines is 1. The number of hydrogen-bond acceptors (Lipinski definition) is 6. The van der Waals surface area contributed by atoms with Crippen LogP contribution in [0.1, 0.15) is 69.2 Å². The van der Waals surface area contributed by atoms with Gasteiger partial charge in [-0.3, -0.25) is 24.4 Å². The maximum absolute atomic E-state index is 14.0. The lowest BCUT2D eigenvalue weighted by Crippen LogP contribution is -2.38. The summed E-state index contributed by atoms with van der Waals surface area (Å²) in [5.41, 5.74) is 2.67. The molecule has 0 bridgehead atoms. The molecular weight excluding hydrogens is 519 g/mol. The minimum Gasteiger partial charge on any atom is -0.389 e. The molecular formula is C28H27FN6O5. The first-order valence-corrected chi connectivity index (χ1v) is 12.7. The van der Waals surface area contributed by atoms with Crippen LogP contribution in [0.3, 0.4) is 0 Å². The fraction of sp³-hybridized carbons (Fsp3) is 0.250. The predicted octanol–water partition coefficient (Wildman–Crippen LogP) is 4.37. The highest BCUT2D eigenvalue weighted by Crippen LogP contribution is 2.33. The van der Waals surface area contributed by atoms with Crippen molar-refractivity contribution in [3.05, 3.63) is 110 Å². The largest absolute Gasteiger partial charge is 0.389 e. The molecule has 12 heteroatoms. The highest BCUT2D eigenvalue weighted by atomic mass is 19.1. The number of halogens is 1. The third kappa shape index (κ3) is 5.21. The van der Waals surface area contributed by atoms with E-state index in [1.165, 1.54) is 6.07 Å². The molecule has 0 fully saturated rings. The Morgan fingerprint density at radius 3 is 2.75 bits per heavy atom. The molecule has 3 heterocycles. The van der Waals surface area contributed by atoms with Crippen LogP contribution in [-0.4, -0.2) is 48.1 Å². The minimum absolute atomic E-state index is 0.0587. The van der Waals surface area contributed by atoms with Gasteiger partial charge in [-0.1, -0.05) is 25.1 Å². The molecule has 1 aliphatic rings. The van der Waals surface area contributed by atoms with Gasteiger partial charge in [-0.25, -0.2) is 0 Å². The summed E-state index contributed by atoms with van der Waals surface area (Å²) in [7, 11) is 0. The lowest BCUT2D eigenvalue weighted by atomic mass is 9.95. The van der Waals surface area contributed by atoms with Crippen molar-refractivity contribution < 1.29 is 24.0 Å². The Morgan fingerprint density at radius 2 is 2.05 bits per heavy atom. The van der Waals surface area contributed by atoms with Crippen molar-refractivity contribution in [3.63, 3.8) is 0 Å². The molecule has 3 N–H and O–H groups in total. The van der Waals surface area contributed by atoms with Gasteiger partial charge in [0.1, 0.15) is 5.69 Å². The first-order valence-electron chi connectivity index (χ1n) is 12.7. The van der Waals surface area contributed by atoms with Crippen LogP contribution in [0.15, 0.2) is 60.8 Å². The lowest BCUT2D eigenvalue weighted by Gasteiger charge is -2.32. The first-order chi connectivity index (χ1) is 19.1. The average molecular weight is 547 g/mol. The number of nitro benzene ring substituents is 1. The number of nitro groups is 1. The summed E-state index contributed by atoms with van der Waals surface area (Å²) in [6.45, 7) is 4.07. The van der Waals surface area contributed by atoms with E-state index in [2.05, 4.69) is 15.4 Å². The summed E-state index contributed by atoms with van der Waals surface area (Å²) >= 11 is 0. The van der Waals surface area contributed by atoms with E-state index in [0.29, 0.717) is 40.3 Å². The summed E-state index contributed by atoms with van der Waals surface area (Å²) in [5, 5.41) is 28.6.